The Balaban J connectivity index is 1.50. The molecule has 0 saturated carbocycles. The lowest BCUT2D eigenvalue weighted by Gasteiger charge is -2.33. The minimum atomic E-state index is -0.418. The molecular formula is C25H23N5OS. The van der Waals surface area contributed by atoms with Crippen LogP contribution < -0.4 is 10.7 Å². The summed E-state index contributed by atoms with van der Waals surface area (Å²) in [5.74, 6) is 0.652. The number of amides is 1. The number of benzene rings is 3. The van der Waals surface area contributed by atoms with Crippen molar-refractivity contribution >= 4 is 23.4 Å². The average molecular weight is 442 g/mol. The number of carbonyl (C=O) groups is 1. The Bertz CT molecular complexity index is 1240. The van der Waals surface area contributed by atoms with E-state index in [0.717, 1.165) is 33.8 Å². The highest BCUT2D eigenvalue weighted by Gasteiger charge is 2.38. The number of aromatic nitrogens is 3. The summed E-state index contributed by atoms with van der Waals surface area (Å²) >= 11 is 1.43. The summed E-state index contributed by atoms with van der Waals surface area (Å²) in [6, 6.07) is 25.7. The molecule has 0 bridgehead atoms. The van der Waals surface area contributed by atoms with Gasteiger partial charge in [0.25, 0.3) is 0 Å². The van der Waals surface area contributed by atoms with Gasteiger partial charge in [-0.15, -0.1) is 10.2 Å². The lowest BCUT2D eigenvalue weighted by atomic mass is 10.0. The van der Waals surface area contributed by atoms with Gasteiger partial charge in [0.15, 0.2) is 5.82 Å². The van der Waals surface area contributed by atoms with Gasteiger partial charge in [0.2, 0.25) is 11.1 Å². The van der Waals surface area contributed by atoms with Crippen molar-refractivity contribution in [2.75, 3.05) is 10.7 Å². The van der Waals surface area contributed by atoms with Gasteiger partial charge in [-0.3, -0.25) is 4.79 Å². The fourth-order valence-electron chi connectivity index (χ4n) is 4.00. The van der Waals surface area contributed by atoms with Crippen molar-refractivity contribution in [1.82, 2.24) is 14.9 Å². The van der Waals surface area contributed by atoms with Crippen LogP contribution in [0.15, 0.2) is 84.0 Å². The third kappa shape index (κ3) is 3.99. The Labute approximate surface area is 191 Å². The Morgan fingerprint density at radius 3 is 2.28 bits per heavy atom. The number of nitrogens with one attached hydrogen (secondary N) is 2. The fraction of sp³-hybridized carbons (Fsp3) is 0.160. The van der Waals surface area contributed by atoms with Gasteiger partial charge in [0.1, 0.15) is 5.25 Å². The molecule has 2 heterocycles. The van der Waals surface area contributed by atoms with E-state index in [9.17, 15) is 4.79 Å². The number of nitrogens with zero attached hydrogens (tertiary/aromatic N) is 3. The van der Waals surface area contributed by atoms with Crippen LogP contribution in [-0.2, 0) is 4.79 Å². The van der Waals surface area contributed by atoms with Crippen LogP contribution in [0.4, 0.5) is 5.69 Å². The van der Waals surface area contributed by atoms with Crippen molar-refractivity contribution in [3.05, 3.63) is 95.6 Å². The first-order chi connectivity index (χ1) is 15.6. The topological polar surface area (TPSA) is 71.8 Å². The maximum absolute atomic E-state index is 13.4. The molecule has 2 unspecified atom stereocenters. The van der Waals surface area contributed by atoms with E-state index in [2.05, 4.69) is 27.0 Å². The number of anilines is 1. The highest BCUT2D eigenvalue weighted by Crippen LogP contribution is 2.39. The minimum Gasteiger partial charge on any atom is -0.325 e. The summed E-state index contributed by atoms with van der Waals surface area (Å²) in [6.45, 7) is 4.06. The second kappa shape index (κ2) is 8.51. The monoisotopic (exact) mass is 441 g/mol. The van der Waals surface area contributed by atoms with E-state index in [4.69, 9.17) is 0 Å². The van der Waals surface area contributed by atoms with Gasteiger partial charge in [-0.2, -0.15) is 0 Å². The van der Waals surface area contributed by atoms with Crippen molar-refractivity contribution in [3.8, 4) is 11.4 Å². The predicted octanol–water partition coefficient (Wildman–Crippen LogP) is 4.96. The normalized spacial score (nSPS) is 17.3. The largest absolute Gasteiger partial charge is 0.325 e. The number of fused-ring (bicyclic) bond motifs is 1. The first-order valence-electron chi connectivity index (χ1n) is 10.5. The molecule has 3 aromatic carbocycles. The summed E-state index contributed by atoms with van der Waals surface area (Å²) in [5, 5.41) is 12.1. The quantitative estimate of drug-likeness (QED) is 0.468. The van der Waals surface area contributed by atoms with E-state index in [1.807, 2.05) is 91.3 Å². The molecule has 0 radical (unpaired) electrons. The van der Waals surface area contributed by atoms with Crippen LogP contribution >= 0.6 is 11.8 Å². The molecule has 0 spiro atoms. The van der Waals surface area contributed by atoms with Crippen molar-refractivity contribution in [2.45, 2.75) is 30.3 Å². The van der Waals surface area contributed by atoms with E-state index < -0.39 is 5.25 Å². The number of carbonyl (C=O) groups excluding carboxylic acids is 1. The minimum absolute atomic E-state index is 0.0723. The van der Waals surface area contributed by atoms with Gasteiger partial charge in [0.05, 0.1) is 6.04 Å². The molecule has 1 amide bonds. The molecule has 160 valence electrons. The molecule has 2 atom stereocenters. The zero-order valence-electron chi connectivity index (χ0n) is 17.8. The molecule has 1 aromatic heterocycles. The molecule has 5 rings (SSSR count). The van der Waals surface area contributed by atoms with Crippen molar-refractivity contribution < 1.29 is 4.79 Å². The number of hydrogen-bond donors (Lipinski definition) is 2. The Morgan fingerprint density at radius 1 is 0.938 bits per heavy atom. The Morgan fingerprint density at radius 2 is 1.59 bits per heavy atom. The van der Waals surface area contributed by atoms with Crippen LogP contribution in [-0.4, -0.2) is 26.0 Å². The highest BCUT2D eigenvalue weighted by molar-refractivity contribution is 8.00. The van der Waals surface area contributed by atoms with Gasteiger partial charge >= 0.3 is 0 Å². The lowest BCUT2D eigenvalue weighted by molar-refractivity contribution is -0.116. The van der Waals surface area contributed by atoms with E-state index in [0.29, 0.717) is 5.16 Å². The number of hydrogen-bond acceptors (Lipinski definition) is 5. The van der Waals surface area contributed by atoms with E-state index in [1.54, 1.807) is 0 Å². The molecule has 32 heavy (non-hydrogen) atoms. The third-order valence-electron chi connectivity index (χ3n) is 5.37. The van der Waals surface area contributed by atoms with Crippen LogP contribution in [0.2, 0.25) is 0 Å². The van der Waals surface area contributed by atoms with Crippen LogP contribution in [0.1, 0.15) is 22.7 Å². The zero-order valence-corrected chi connectivity index (χ0v) is 18.6. The van der Waals surface area contributed by atoms with Crippen molar-refractivity contribution in [3.63, 3.8) is 0 Å². The lowest BCUT2D eigenvalue weighted by Crippen LogP contribution is -2.41. The molecule has 4 aromatic rings. The first kappa shape index (κ1) is 20.3. The summed E-state index contributed by atoms with van der Waals surface area (Å²) in [7, 11) is 0. The average Bonchev–Trinajstić information content (AvgIpc) is 3.22. The van der Waals surface area contributed by atoms with Gasteiger partial charge < -0.3 is 10.7 Å². The number of rotatable bonds is 4. The second-order valence-electron chi connectivity index (χ2n) is 7.93. The van der Waals surface area contributed by atoms with E-state index in [-0.39, 0.29) is 11.9 Å². The molecular weight excluding hydrogens is 418 g/mol. The summed E-state index contributed by atoms with van der Waals surface area (Å²) in [4.78, 5) is 13.4. The number of thioether (sulfide) groups is 1. The smallest absolute Gasteiger partial charge is 0.240 e. The summed E-state index contributed by atoms with van der Waals surface area (Å²) in [5.41, 5.74) is 8.53. The van der Waals surface area contributed by atoms with Crippen LogP contribution in [0.5, 0.6) is 0 Å². The second-order valence-corrected chi connectivity index (χ2v) is 9.04. The van der Waals surface area contributed by atoms with Crippen molar-refractivity contribution in [1.29, 1.82) is 0 Å². The van der Waals surface area contributed by atoms with Crippen LogP contribution in [0.3, 0.4) is 0 Å². The molecule has 0 aliphatic carbocycles. The zero-order chi connectivity index (χ0) is 22.1. The van der Waals surface area contributed by atoms with Crippen LogP contribution in [0.25, 0.3) is 11.4 Å². The SMILES string of the molecule is Cc1cc(C)cc(NC(=O)C2Sc3nnc(-c4ccccc4)n3NC2c2ccccc2)c1. The maximum atomic E-state index is 13.4. The van der Waals surface area contributed by atoms with Gasteiger partial charge in [0, 0.05) is 11.3 Å². The third-order valence-corrected chi connectivity index (χ3v) is 6.59. The molecule has 2 N–H and O–H groups in total. The Hall–Kier alpha value is -3.58. The predicted molar refractivity (Wildman–Crippen MR) is 128 cm³/mol. The highest BCUT2D eigenvalue weighted by atomic mass is 32.2. The van der Waals surface area contributed by atoms with Gasteiger partial charge in [-0.05, 0) is 42.7 Å². The van der Waals surface area contributed by atoms with E-state index >= 15 is 0 Å². The molecule has 1 aliphatic heterocycles. The Kier molecular flexibility index (Phi) is 5.41. The molecule has 0 saturated heterocycles. The first-order valence-corrected chi connectivity index (χ1v) is 11.3. The maximum Gasteiger partial charge on any atom is 0.240 e. The molecule has 0 fully saturated rings. The van der Waals surface area contributed by atoms with Crippen LogP contribution in [0, 0.1) is 13.8 Å². The van der Waals surface area contributed by atoms with E-state index in [1.165, 1.54) is 11.8 Å². The summed E-state index contributed by atoms with van der Waals surface area (Å²) in [6.07, 6.45) is 0. The molecule has 1 aliphatic rings. The van der Waals surface area contributed by atoms with Gasteiger partial charge in [-0.25, -0.2) is 4.68 Å². The van der Waals surface area contributed by atoms with Gasteiger partial charge in [-0.1, -0.05) is 78.5 Å². The fourth-order valence-corrected chi connectivity index (χ4v) is 5.08. The number of aryl methyl sites for hydroxylation is 2. The summed E-state index contributed by atoms with van der Waals surface area (Å²) < 4.78 is 1.89. The molecule has 7 heteroatoms. The van der Waals surface area contributed by atoms with Crippen molar-refractivity contribution in [2.24, 2.45) is 0 Å². The standard InChI is InChI=1S/C25H23N5OS/c1-16-13-17(2)15-20(14-16)26-24(31)22-21(18-9-5-3-6-10-18)29-30-23(27-28-25(30)32-22)19-11-7-4-8-12-19/h3-15,21-22,29H,1-2H3,(H,26,31). The molecule has 6 nitrogen and oxygen atoms in total.